The van der Waals surface area contributed by atoms with E-state index >= 15 is 0 Å². The molecule has 1 aliphatic heterocycles. The number of hydrogen-bond acceptors (Lipinski definition) is 4. The number of rotatable bonds is 7. The summed E-state index contributed by atoms with van der Waals surface area (Å²) in [7, 11) is 0. The maximum Gasteiger partial charge on any atom is 0.255 e. The van der Waals surface area contributed by atoms with Gasteiger partial charge in [0.15, 0.2) is 0 Å². The zero-order valence-electron chi connectivity index (χ0n) is 17.8. The third-order valence-corrected chi connectivity index (χ3v) is 5.73. The number of halogens is 2. The highest BCUT2D eigenvalue weighted by Gasteiger charge is 2.22. The summed E-state index contributed by atoms with van der Waals surface area (Å²) < 4.78 is 5.40. The van der Waals surface area contributed by atoms with Crippen molar-refractivity contribution in [1.82, 2.24) is 4.90 Å². The summed E-state index contributed by atoms with van der Waals surface area (Å²) >= 11 is 12.7. The van der Waals surface area contributed by atoms with E-state index in [0.717, 1.165) is 25.2 Å². The Labute approximate surface area is 193 Å². The van der Waals surface area contributed by atoms with E-state index in [2.05, 4.69) is 10.2 Å². The molecule has 0 unspecified atom stereocenters. The lowest BCUT2D eigenvalue weighted by atomic mass is 10.2. The number of hydrogen-bond donors (Lipinski definition) is 1. The SMILES string of the molecule is CCCC(=O)N1CCN(c2ccc(NC(=O)c3ccc(OCC)c(Cl)c3)cc2Cl)CC1. The molecule has 0 bridgehead atoms. The molecular formula is C23H27Cl2N3O3. The zero-order chi connectivity index (χ0) is 22.4. The minimum absolute atomic E-state index is 0.209. The van der Waals surface area contributed by atoms with Crippen molar-refractivity contribution < 1.29 is 14.3 Å². The number of nitrogens with one attached hydrogen (secondary N) is 1. The summed E-state index contributed by atoms with van der Waals surface area (Å²) in [5.74, 6) is 0.474. The summed E-state index contributed by atoms with van der Waals surface area (Å²) in [6, 6.07) is 10.4. The van der Waals surface area contributed by atoms with Gasteiger partial charge < -0.3 is 19.9 Å². The quantitative estimate of drug-likeness (QED) is 0.620. The summed E-state index contributed by atoms with van der Waals surface area (Å²) in [6.45, 7) is 7.21. The van der Waals surface area contributed by atoms with Crippen molar-refractivity contribution in [3.05, 3.63) is 52.0 Å². The second kappa shape index (κ2) is 10.7. The minimum Gasteiger partial charge on any atom is -0.492 e. The number of piperazine rings is 1. The molecule has 0 atom stereocenters. The van der Waals surface area contributed by atoms with Crippen LogP contribution in [0.1, 0.15) is 37.0 Å². The Morgan fingerprint density at radius 1 is 1.00 bits per heavy atom. The Balaban J connectivity index is 1.63. The van der Waals surface area contributed by atoms with Gasteiger partial charge in [-0.05, 0) is 49.7 Å². The van der Waals surface area contributed by atoms with Crippen molar-refractivity contribution >= 4 is 46.4 Å². The molecule has 2 amide bonds. The van der Waals surface area contributed by atoms with E-state index in [-0.39, 0.29) is 11.8 Å². The molecule has 1 aliphatic rings. The molecule has 0 spiro atoms. The summed E-state index contributed by atoms with van der Waals surface area (Å²) in [6.07, 6.45) is 1.45. The van der Waals surface area contributed by atoms with Gasteiger partial charge in [0.2, 0.25) is 5.91 Å². The Kier molecular flexibility index (Phi) is 8.04. The second-order valence-electron chi connectivity index (χ2n) is 7.32. The van der Waals surface area contributed by atoms with Crippen molar-refractivity contribution in [2.45, 2.75) is 26.7 Å². The van der Waals surface area contributed by atoms with Crippen molar-refractivity contribution in [2.24, 2.45) is 0 Å². The molecule has 3 rings (SSSR count). The van der Waals surface area contributed by atoms with Crippen LogP contribution in [0.2, 0.25) is 10.0 Å². The van der Waals surface area contributed by atoms with E-state index in [0.29, 0.717) is 53.2 Å². The van der Waals surface area contributed by atoms with E-state index in [9.17, 15) is 9.59 Å². The Bertz CT molecular complexity index is 944. The van der Waals surface area contributed by atoms with Crippen LogP contribution < -0.4 is 15.0 Å². The lowest BCUT2D eigenvalue weighted by Crippen LogP contribution is -2.48. The van der Waals surface area contributed by atoms with Gasteiger partial charge in [0, 0.05) is 43.9 Å². The molecule has 0 aliphatic carbocycles. The summed E-state index contributed by atoms with van der Waals surface area (Å²) in [4.78, 5) is 28.7. The van der Waals surface area contributed by atoms with Crippen LogP contribution in [0.15, 0.2) is 36.4 Å². The van der Waals surface area contributed by atoms with Gasteiger partial charge in [-0.3, -0.25) is 9.59 Å². The molecule has 2 aromatic carbocycles. The first-order valence-corrected chi connectivity index (χ1v) is 11.2. The normalized spacial score (nSPS) is 13.8. The van der Waals surface area contributed by atoms with Crippen LogP contribution in [0.25, 0.3) is 0 Å². The average Bonchev–Trinajstić information content (AvgIpc) is 2.76. The van der Waals surface area contributed by atoms with Gasteiger partial charge in [0.25, 0.3) is 5.91 Å². The number of ether oxygens (including phenoxy) is 1. The van der Waals surface area contributed by atoms with Gasteiger partial charge in [0.05, 0.1) is 22.3 Å². The molecule has 0 radical (unpaired) electrons. The first-order chi connectivity index (χ1) is 14.9. The molecule has 6 nitrogen and oxygen atoms in total. The molecule has 1 N–H and O–H groups in total. The van der Waals surface area contributed by atoms with Crippen molar-refractivity contribution in [3.63, 3.8) is 0 Å². The lowest BCUT2D eigenvalue weighted by Gasteiger charge is -2.36. The monoisotopic (exact) mass is 463 g/mol. The fraction of sp³-hybridized carbons (Fsp3) is 0.391. The van der Waals surface area contributed by atoms with Gasteiger partial charge >= 0.3 is 0 Å². The molecular weight excluding hydrogens is 437 g/mol. The number of carbonyl (C=O) groups is 2. The molecule has 1 saturated heterocycles. The van der Waals surface area contributed by atoms with E-state index in [4.69, 9.17) is 27.9 Å². The second-order valence-corrected chi connectivity index (χ2v) is 8.13. The Morgan fingerprint density at radius 2 is 1.74 bits per heavy atom. The Morgan fingerprint density at radius 3 is 2.35 bits per heavy atom. The lowest BCUT2D eigenvalue weighted by molar-refractivity contribution is -0.131. The van der Waals surface area contributed by atoms with E-state index < -0.39 is 0 Å². The number of benzene rings is 2. The number of amides is 2. The molecule has 0 aromatic heterocycles. The van der Waals surface area contributed by atoms with Crippen LogP contribution in [0.4, 0.5) is 11.4 Å². The van der Waals surface area contributed by atoms with Crippen LogP contribution in [0.3, 0.4) is 0 Å². The third-order valence-electron chi connectivity index (χ3n) is 5.14. The standard InChI is InChI=1S/C23H27Cl2N3O3/c1-3-5-22(29)28-12-10-27(11-13-28)20-8-7-17(15-18(20)24)26-23(30)16-6-9-21(31-4-2)19(25)14-16/h6-9,14-15H,3-5,10-13H2,1-2H3,(H,26,30). The van der Waals surface area contributed by atoms with Crippen LogP contribution in [0.5, 0.6) is 5.75 Å². The van der Waals surface area contributed by atoms with Crippen LogP contribution in [0, 0.1) is 0 Å². The first kappa shape index (κ1) is 23.2. The molecule has 1 heterocycles. The number of carbonyl (C=O) groups excluding carboxylic acids is 2. The molecule has 0 saturated carbocycles. The molecule has 1 fully saturated rings. The maximum atomic E-state index is 12.6. The zero-order valence-corrected chi connectivity index (χ0v) is 19.3. The minimum atomic E-state index is -0.281. The van der Waals surface area contributed by atoms with Gasteiger partial charge in [0.1, 0.15) is 5.75 Å². The first-order valence-electron chi connectivity index (χ1n) is 10.5. The molecule has 166 valence electrons. The largest absolute Gasteiger partial charge is 0.492 e. The highest BCUT2D eigenvalue weighted by Crippen LogP contribution is 2.30. The topological polar surface area (TPSA) is 61.9 Å². The molecule has 2 aromatic rings. The van der Waals surface area contributed by atoms with Gasteiger partial charge in [-0.25, -0.2) is 0 Å². The molecule has 8 heteroatoms. The van der Waals surface area contributed by atoms with Crippen molar-refractivity contribution in [3.8, 4) is 5.75 Å². The van der Waals surface area contributed by atoms with Gasteiger partial charge in [-0.2, -0.15) is 0 Å². The molecule has 31 heavy (non-hydrogen) atoms. The predicted octanol–water partition coefficient (Wildman–Crippen LogP) is 5.09. The van der Waals surface area contributed by atoms with E-state index in [1.807, 2.05) is 30.9 Å². The van der Waals surface area contributed by atoms with Crippen molar-refractivity contribution in [1.29, 1.82) is 0 Å². The van der Waals surface area contributed by atoms with E-state index in [1.165, 1.54) is 0 Å². The average molecular weight is 464 g/mol. The van der Waals surface area contributed by atoms with Crippen LogP contribution in [-0.2, 0) is 4.79 Å². The summed E-state index contributed by atoms with van der Waals surface area (Å²) in [5, 5.41) is 3.79. The van der Waals surface area contributed by atoms with Crippen molar-refractivity contribution in [2.75, 3.05) is 43.0 Å². The fourth-order valence-electron chi connectivity index (χ4n) is 3.53. The third kappa shape index (κ3) is 5.83. The number of anilines is 2. The van der Waals surface area contributed by atoms with Crippen LogP contribution >= 0.6 is 23.2 Å². The van der Waals surface area contributed by atoms with Crippen LogP contribution in [-0.4, -0.2) is 49.5 Å². The highest BCUT2D eigenvalue weighted by molar-refractivity contribution is 6.34. The Hall–Kier alpha value is -2.44. The van der Waals surface area contributed by atoms with Gasteiger partial charge in [-0.15, -0.1) is 0 Å². The highest BCUT2D eigenvalue weighted by atomic mass is 35.5. The maximum absolute atomic E-state index is 12.6. The smallest absolute Gasteiger partial charge is 0.255 e. The summed E-state index contributed by atoms with van der Waals surface area (Å²) in [5.41, 5.74) is 1.92. The van der Waals surface area contributed by atoms with E-state index in [1.54, 1.807) is 24.3 Å². The number of nitrogens with zero attached hydrogens (tertiary/aromatic N) is 2. The van der Waals surface area contributed by atoms with Gasteiger partial charge in [-0.1, -0.05) is 30.1 Å². The fourth-order valence-corrected chi connectivity index (χ4v) is 4.06. The predicted molar refractivity (Wildman–Crippen MR) is 126 cm³/mol.